The number of carbonyl (C=O) groups excluding carboxylic acids is 1. The van der Waals surface area contributed by atoms with E-state index in [9.17, 15) is 4.79 Å². The summed E-state index contributed by atoms with van der Waals surface area (Å²) in [6.45, 7) is 4.35. The Labute approximate surface area is 155 Å². The summed E-state index contributed by atoms with van der Waals surface area (Å²) in [5, 5.41) is 12.6. The van der Waals surface area contributed by atoms with E-state index < -0.39 is 0 Å². The van der Waals surface area contributed by atoms with E-state index in [-0.39, 0.29) is 12.5 Å². The second-order valence-corrected chi connectivity index (χ2v) is 6.55. The van der Waals surface area contributed by atoms with Crippen molar-refractivity contribution in [3.63, 3.8) is 0 Å². The molecule has 0 bridgehead atoms. The zero-order chi connectivity index (χ0) is 18.0. The van der Waals surface area contributed by atoms with Crippen LogP contribution in [0.15, 0.2) is 36.5 Å². The number of rotatable bonds is 5. The Bertz CT molecular complexity index is 895. The fourth-order valence-corrected chi connectivity index (χ4v) is 2.96. The second-order valence-electron chi connectivity index (χ2n) is 5.73. The molecule has 0 fully saturated rings. The first-order valence-electron chi connectivity index (χ1n) is 7.69. The van der Waals surface area contributed by atoms with Gasteiger partial charge in [0, 0.05) is 33.6 Å². The van der Waals surface area contributed by atoms with Crippen molar-refractivity contribution >= 4 is 34.9 Å². The van der Waals surface area contributed by atoms with Gasteiger partial charge in [0.05, 0.1) is 12.2 Å². The summed E-state index contributed by atoms with van der Waals surface area (Å²) in [6, 6.07) is 9.02. The largest absolute Gasteiger partial charge is 0.308 e. The normalized spacial score (nSPS) is 10.9. The van der Waals surface area contributed by atoms with Crippen LogP contribution >= 0.6 is 23.2 Å². The Morgan fingerprint density at radius 2 is 1.88 bits per heavy atom. The first-order valence-corrected chi connectivity index (χ1v) is 8.45. The minimum absolute atomic E-state index is 0.135. The average molecular weight is 378 g/mol. The number of nitrogens with zero attached hydrogens (tertiary/aromatic N) is 4. The summed E-state index contributed by atoms with van der Waals surface area (Å²) >= 11 is 12.4. The molecule has 1 aromatic carbocycles. The highest BCUT2D eigenvalue weighted by molar-refractivity contribution is 6.35. The third-order valence-corrected chi connectivity index (χ3v) is 4.41. The van der Waals surface area contributed by atoms with Gasteiger partial charge in [0.1, 0.15) is 6.54 Å². The van der Waals surface area contributed by atoms with Crippen molar-refractivity contribution < 1.29 is 4.79 Å². The van der Waals surface area contributed by atoms with Gasteiger partial charge in [-0.05, 0) is 32.0 Å². The van der Waals surface area contributed by atoms with Crippen LogP contribution in [0, 0.1) is 13.8 Å². The first kappa shape index (κ1) is 17.5. The number of halogens is 2. The molecule has 2 aromatic heterocycles. The number of aryl methyl sites for hydroxylation is 2. The molecule has 0 atom stereocenters. The van der Waals surface area contributed by atoms with Crippen LogP contribution in [0.3, 0.4) is 0 Å². The molecule has 0 saturated carbocycles. The maximum absolute atomic E-state index is 12.1. The van der Waals surface area contributed by atoms with E-state index in [4.69, 9.17) is 23.2 Å². The Morgan fingerprint density at radius 1 is 1.16 bits per heavy atom. The van der Waals surface area contributed by atoms with Crippen LogP contribution in [0.2, 0.25) is 10.0 Å². The first-order chi connectivity index (χ1) is 11.9. The van der Waals surface area contributed by atoms with E-state index in [0.29, 0.717) is 22.4 Å². The zero-order valence-electron chi connectivity index (χ0n) is 13.8. The molecule has 0 unspecified atom stereocenters. The molecule has 0 aliphatic carbocycles. The van der Waals surface area contributed by atoms with Gasteiger partial charge in [-0.25, -0.2) is 0 Å². The van der Waals surface area contributed by atoms with Gasteiger partial charge in [-0.3, -0.25) is 14.2 Å². The lowest BCUT2D eigenvalue weighted by atomic mass is 10.2. The van der Waals surface area contributed by atoms with Crippen LogP contribution in [0.1, 0.15) is 17.0 Å². The third-order valence-electron chi connectivity index (χ3n) is 3.70. The number of hydrogen-bond donors (Lipinski definition) is 1. The van der Waals surface area contributed by atoms with Gasteiger partial charge in [-0.2, -0.15) is 10.2 Å². The topological polar surface area (TPSA) is 64.7 Å². The SMILES string of the molecule is Cc1ccn(CC(=O)Nc2cc(C)n(Cc3c(Cl)cccc3Cl)n2)n1. The fourth-order valence-electron chi connectivity index (χ4n) is 2.45. The molecule has 8 heteroatoms. The number of anilines is 1. The molecule has 2 heterocycles. The van der Waals surface area contributed by atoms with Crippen LogP contribution in [0.25, 0.3) is 0 Å². The van der Waals surface area contributed by atoms with Crippen molar-refractivity contribution in [2.24, 2.45) is 0 Å². The van der Waals surface area contributed by atoms with Crippen molar-refractivity contribution in [1.29, 1.82) is 0 Å². The van der Waals surface area contributed by atoms with Crippen molar-refractivity contribution in [2.45, 2.75) is 26.9 Å². The number of carbonyl (C=O) groups is 1. The summed E-state index contributed by atoms with van der Waals surface area (Å²) in [6.07, 6.45) is 1.76. The van der Waals surface area contributed by atoms with E-state index in [1.807, 2.05) is 19.9 Å². The zero-order valence-corrected chi connectivity index (χ0v) is 15.3. The highest BCUT2D eigenvalue weighted by Gasteiger charge is 2.12. The van der Waals surface area contributed by atoms with E-state index in [1.54, 1.807) is 39.8 Å². The molecule has 0 aliphatic heterocycles. The molecule has 3 aromatic rings. The van der Waals surface area contributed by atoms with Crippen LogP contribution in [-0.2, 0) is 17.9 Å². The molecule has 6 nitrogen and oxygen atoms in total. The molecule has 0 radical (unpaired) electrons. The van der Waals surface area contributed by atoms with Gasteiger partial charge in [-0.15, -0.1) is 0 Å². The number of nitrogens with one attached hydrogen (secondary N) is 1. The standard InChI is InChI=1S/C17H17Cl2N5O/c1-11-6-7-23(21-11)10-17(25)20-16-8-12(2)24(22-16)9-13-14(18)4-3-5-15(13)19/h3-8H,9-10H2,1-2H3,(H,20,22,25). The molecule has 0 saturated heterocycles. The molecule has 1 amide bonds. The molecular formula is C17H17Cl2N5O. The number of amides is 1. The molecule has 0 aliphatic rings. The second kappa shape index (κ2) is 7.29. The van der Waals surface area contributed by atoms with Gasteiger partial charge in [0.25, 0.3) is 0 Å². The van der Waals surface area contributed by atoms with Crippen molar-refractivity contribution in [1.82, 2.24) is 19.6 Å². The predicted octanol–water partition coefficient (Wildman–Crippen LogP) is 3.69. The maximum Gasteiger partial charge on any atom is 0.247 e. The van der Waals surface area contributed by atoms with Gasteiger partial charge < -0.3 is 5.32 Å². The van der Waals surface area contributed by atoms with E-state index in [1.165, 1.54) is 0 Å². The van der Waals surface area contributed by atoms with Gasteiger partial charge in [0.2, 0.25) is 5.91 Å². The van der Waals surface area contributed by atoms with Crippen LogP contribution in [-0.4, -0.2) is 25.5 Å². The highest BCUT2D eigenvalue weighted by atomic mass is 35.5. The van der Waals surface area contributed by atoms with Crippen LogP contribution in [0.5, 0.6) is 0 Å². The summed E-state index contributed by atoms with van der Waals surface area (Å²) < 4.78 is 3.33. The Morgan fingerprint density at radius 3 is 2.52 bits per heavy atom. The summed E-state index contributed by atoms with van der Waals surface area (Å²) in [7, 11) is 0. The van der Waals surface area contributed by atoms with Crippen molar-refractivity contribution in [3.05, 3.63) is 63.5 Å². The molecule has 3 rings (SSSR count). The minimum Gasteiger partial charge on any atom is -0.308 e. The van der Waals surface area contributed by atoms with E-state index in [0.717, 1.165) is 17.0 Å². The molecule has 130 valence electrons. The van der Waals surface area contributed by atoms with E-state index >= 15 is 0 Å². The van der Waals surface area contributed by atoms with Crippen molar-refractivity contribution in [3.8, 4) is 0 Å². The summed E-state index contributed by atoms with van der Waals surface area (Å²) in [5.74, 6) is 0.290. The van der Waals surface area contributed by atoms with Crippen LogP contribution in [0.4, 0.5) is 5.82 Å². The number of benzene rings is 1. The monoisotopic (exact) mass is 377 g/mol. The van der Waals surface area contributed by atoms with Gasteiger partial charge in [0.15, 0.2) is 5.82 Å². The third kappa shape index (κ3) is 4.21. The summed E-state index contributed by atoms with van der Waals surface area (Å²) in [5.41, 5.74) is 2.55. The predicted molar refractivity (Wildman–Crippen MR) is 98.1 cm³/mol. The highest BCUT2D eigenvalue weighted by Crippen LogP contribution is 2.25. The average Bonchev–Trinajstić information content (AvgIpc) is 3.09. The van der Waals surface area contributed by atoms with Crippen LogP contribution < -0.4 is 5.32 Å². The Kier molecular flexibility index (Phi) is 5.11. The number of hydrogen-bond acceptors (Lipinski definition) is 3. The van der Waals surface area contributed by atoms with E-state index in [2.05, 4.69) is 15.5 Å². The Balaban J connectivity index is 1.71. The number of aromatic nitrogens is 4. The molecule has 0 spiro atoms. The maximum atomic E-state index is 12.1. The quantitative estimate of drug-likeness (QED) is 0.737. The lowest BCUT2D eigenvalue weighted by Gasteiger charge is -2.08. The Hall–Kier alpha value is -2.31. The lowest BCUT2D eigenvalue weighted by Crippen LogP contribution is -2.19. The molecule has 1 N–H and O–H groups in total. The van der Waals surface area contributed by atoms with Crippen molar-refractivity contribution in [2.75, 3.05) is 5.32 Å². The summed E-state index contributed by atoms with van der Waals surface area (Å²) in [4.78, 5) is 12.1. The minimum atomic E-state index is -0.191. The molecule has 25 heavy (non-hydrogen) atoms. The van der Waals surface area contributed by atoms with Gasteiger partial charge in [-0.1, -0.05) is 29.3 Å². The smallest absolute Gasteiger partial charge is 0.247 e. The lowest BCUT2D eigenvalue weighted by molar-refractivity contribution is -0.116. The molecular weight excluding hydrogens is 361 g/mol. The van der Waals surface area contributed by atoms with Gasteiger partial charge >= 0.3 is 0 Å². The fraction of sp³-hybridized carbons (Fsp3) is 0.235.